The molecule has 3 atom stereocenters. The fraction of sp³-hybridized carbons (Fsp3) is 0.529. The molecule has 2 aliphatic carbocycles. The van der Waals surface area contributed by atoms with Gasteiger partial charge in [0.05, 0.1) is 26.0 Å². The predicted octanol–water partition coefficient (Wildman–Crippen LogP) is 5.09. The molecule has 0 spiro atoms. The Bertz CT molecular complexity index is 721. The van der Waals surface area contributed by atoms with Crippen LogP contribution in [0.15, 0.2) is 18.2 Å². The zero-order valence-electron chi connectivity index (χ0n) is 13.2. The first kappa shape index (κ1) is 17.2. The van der Waals surface area contributed by atoms with Gasteiger partial charge in [0, 0.05) is 5.41 Å². The predicted molar refractivity (Wildman–Crippen MR) is 96.4 cm³/mol. The maximum absolute atomic E-state index is 13.2. The van der Waals surface area contributed by atoms with E-state index in [0.29, 0.717) is 22.2 Å². The minimum Gasteiger partial charge on any atom is -0.324 e. The molecule has 124 valence electrons. The van der Waals surface area contributed by atoms with E-state index in [1.807, 2.05) is 20.8 Å². The van der Waals surface area contributed by atoms with Crippen LogP contribution in [0.3, 0.4) is 0 Å². The van der Waals surface area contributed by atoms with E-state index >= 15 is 0 Å². The zero-order valence-corrected chi connectivity index (χ0v) is 16.3. The number of hydrogen-bond acceptors (Lipinski definition) is 2. The van der Waals surface area contributed by atoms with Crippen LogP contribution in [0.5, 0.6) is 0 Å². The van der Waals surface area contributed by atoms with Gasteiger partial charge >= 0.3 is 0 Å². The van der Waals surface area contributed by atoms with Crippen LogP contribution in [-0.2, 0) is 9.59 Å². The highest BCUT2D eigenvalue weighted by Gasteiger charge is 2.76. The molecular formula is C17H18BrCl2NO2. The molecule has 2 fully saturated rings. The van der Waals surface area contributed by atoms with Crippen molar-refractivity contribution in [2.24, 2.45) is 16.2 Å². The minimum absolute atomic E-state index is 0.112. The van der Waals surface area contributed by atoms with Gasteiger partial charge in [-0.1, -0.05) is 66.0 Å². The number of amides is 1. The Morgan fingerprint density at radius 2 is 1.91 bits per heavy atom. The van der Waals surface area contributed by atoms with Crippen LogP contribution in [0.25, 0.3) is 0 Å². The van der Waals surface area contributed by atoms with Crippen LogP contribution in [-0.4, -0.2) is 16.5 Å². The summed E-state index contributed by atoms with van der Waals surface area (Å²) in [4.78, 5) is 25.4. The molecule has 3 rings (SSSR count). The van der Waals surface area contributed by atoms with Gasteiger partial charge in [-0.05, 0) is 30.4 Å². The highest BCUT2D eigenvalue weighted by Crippen LogP contribution is 2.72. The maximum Gasteiger partial charge on any atom is 0.232 e. The average Bonchev–Trinajstić information content (AvgIpc) is 2.76. The minimum atomic E-state index is -0.787. The number of rotatable bonds is 2. The fourth-order valence-corrected chi connectivity index (χ4v) is 6.15. The van der Waals surface area contributed by atoms with Crippen molar-refractivity contribution in [1.82, 2.24) is 0 Å². The number of carbonyl (C=O) groups excluding carboxylic acids is 2. The Hall–Kier alpha value is -0.580. The van der Waals surface area contributed by atoms with Crippen molar-refractivity contribution >= 4 is 56.5 Å². The Kier molecular flexibility index (Phi) is 3.90. The van der Waals surface area contributed by atoms with Crippen molar-refractivity contribution in [3.05, 3.63) is 28.2 Å². The first-order valence-corrected chi connectivity index (χ1v) is 9.20. The summed E-state index contributed by atoms with van der Waals surface area (Å²) in [5.41, 5.74) is -1.25. The van der Waals surface area contributed by atoms with Gasteiger partial charge in [0.25, 0.3) is 0 Å². The van der Waals surface area contributed by atoms with E-state index in [1.165, 1.54) is 0 Å². The van der Waals surface area contributed by atoms with Gasteiger partial charge in [0.1, 0.15) is 0 Å². The number of halogens is 3. The van der Waals surface area contributed by atoms with Gasteiger partial charge in [-0.3, -0.25) is 9.59 Å². The van der Waals surface area contributed by atoms with Crippen LogP contribution >= 0.6 is 39.1 Å². The summed E-state index contributed by atoms with van der Waals surface area (Å²) in [5, 5.41) is 3.60. The van der Waals surface area contributed by atoms with E-state index in [9.17, 15) is 9.59 Å². The molecule has 1 aromatic rings. The molecule has 1 amide bonds. The fourth-order valence-electron chi connectivity index (χ4n) is 4.29. The van der Waals surface area contributed by atoms with Crippen LogP contribution in [0, 0.1) is 16.2 Å². The third kappa shape index (κ3) is 1.95. The molecule has 1 N–H and O–H groups in total. The Balaban J connectivity index is 2.02. The molecule has 1 aromatic carbocycles. The lowest BCUT2D eigenvalue weighted by atomic mass is 9.64. The van der Waals surface area contributed by atoms with E-state index in [4.69, 9.17) is 23.2 Å². The largest absolute Gasteiger partial charge is 0.324 e. The topological polar surface area (TPSA) is 46.2 Å². The van der Waals surface area contributed by atoms with E-state index in [0.717, 1.165) is 6.42 Å². The SMILES string of the molecule is CC1(C)[C@]2(C(=O)Nc3cccc(Cl)c3Cl)CC[C@]1(C)C(=O)[C@H]2Br. The first-order valence-electron chi connectivity index (χ1n) is 7.53. The number of Topliss-reactive ketones (excluding diaryl/α,β-unsaturated/α-hetero) is 1. The summed E-state index contributed by atoms with van der Waals surface area (Å²) in [6.45, 7) is 5.99. The Morgan fingerprint density at radius 1 is 1.26 bits per heavy atom. The molecule has 2 bridgehead atoms. The molecule has 0 saturated heterocycles. The van der Waals surface area contributed by atoms with Gasteiger partial charge in [0.2, 0.25) is 5.91 Å². The summed E-state index contributed by atoms with van der Waals surface area (Å²) < 4.78 is 0. The number of alkyl halides is 1. The van der Waals surface area contributed by atoms with Crippen molar-refractivity contribution in [3.63, 3.8) is 0 Å². The molecular weight excluding hydrogens is 401 g/mol. The van der Waals surface area contributed by atoms with Gasteiger partial charge in [-0.2, -0.15) is 0 Å². The number of benzene rings is 1. The highest BCUT2D eigenvalue weighted by atomic mass is 79.9. The van der Waals surface area contributed by atoms with Crippen LogP contribution in [0.2, 0.25) is 10.0 Å². The third-order valence-corrected chi connectivity index (χ3v) is 8.34. The monoisotopic (exact) mass is 417 g/mol. The van der Waals surface area contributed by atoms with Crippen molar-refractivity contribution in [2.75, 3.05) is 5.32 Å². The van der Waals surface area contributed by atoms with Gasteiger partial charge in [-0.15, -0.1) is 0 Å². The summed E-state index contributed by atoms with van der Waals surface area (Å²) >= 11 is 15.7. The van der Waals surface area contributed by atoms with Crippen LogP contribution < -0.4 is 5.32 Å². The lowest BCUT2D eigenvalue weighted by Gasteiger charge is -2.39. The normalized spacial score (nSPS) is 34.7. The lowest BCUT2D eigenvalue weighted by molar-refractivity contribution is -0.130. The molecule has 2 aliphatic rings. The van der Waals surface area contributed by atoms with Gasteiger partial charge in [-0.25, -0.2) is 0 Å². The lowest BCUT2D eigenvalue weighted by Crippen LogP contribution is -2.48. The highest BCUT2D eigenvalue weighted by molar-refractivity contribution is 9.10. The molecule has 2 saturated carbocycles. The molecule has 23 heavy (non-hydrogen) atoms. The number of ketones is 1. The summed E-state index contributed by atoms with van der Waals surface area (Å²) in [7, 11) is 0. The molecule has 0 heterocycles. The number of nitrogens with one attached hydrogen (secondary N) is 1. The van der Waals surface area contributed by atoms with Crippen molar-refractivity contribution in [3.8, 4) is 0 Å². The number of hydrogen-bond donors (Lipinski definition) is 1. The third-order valence-electron chi connectivity index (χ3n) is 6.33. The maximum atomic E-state index is 13.2. The smallest absolute Gasteiger partial charge is 0.232 e. The molecule has 6 heteroatoms. The molecule has 0 radical (unpaired) electrons. The van der Waals surface area contributed by atoms with Crippen molar-refractivity contribution < 1.29 is 9.59 Å². The Morgan fingerprint density at radius 3 is 2.48 bits per heavy atom. The molecule has 3 nitrogen and oxygen atoms in total. The van der Waals surface area contributed by atoms with Gasteiger partial charge < -0.3 is 5.32 Å². The number of carbonyl (C=O) groups is 2. The van der Waals surface area contributed by atoms with E-state index < -0.39 is 21.1 Å². The quantitative estimate of drug-likeness (QED) is 0.679. The van der Waals surface area contributed by atoms with Crippen molar-refractivity contribution in [1.29, 1.82) is 0 Å². The zero-order chi connectivity index (χ0) is 17.2. The molecule has 0 aromatic heterocycles. The standard InChI is InChI=1S/C17H18BrCl2NO2/c1-15(2)16(3)7-8-17(15,12(18)13(16)22)14(23)21-10-6-4-5-9(19)11(10)20/h4-6,12H,7-8H2,1-3H3,(H,21,23)/t12-,16-,17-/m1/s1. The summed E-state index contributed by atoms with van der Waals surface area (Å²) in [6, 6.07) is 5.11. The number of anilines is 1. The summed E-state index contributed by atoms with van der Waals surface area (Å²) in [5.74, 6) is -0.0655. The van der Waals surface area contributed by atoms with Crippen LogP contribution in [0.4, 0.5) is 5.69 Å². The second kappa shape index (κ2) is 5.21. The van der Waals surface area contributed by atoms with Gasteiger partial charge in [0.15, 0.2) is 5.78 Å². The average molecular weight is 419 g/mol. The van der Waals surface area contributed by atoms with E-state index in [1.54, 1.807) is 18.2 Å². The van der Waals surface area contributed by atoms with Crippen molar-refractivity contribution in [2.45, 2.75) is 38.4 Å². The summed E-state index contributed by atoms with van der Waals surface area (Å²) in [6.07, 6.45) is 1.39. The second-order valence-electron chi connectivity index (χ2n) is 7.21. The Labute approximate surface area is 154 Å². The molecule has 0 aliphatic heterocycles. The number of fused-ring (bicyclic) bond motifs is 2. The van der Waals surface area contributed by atoms with E-state index in [-0.39, 0.29) is 11.7 Å². The van der Waals surface area contributed by atoms with E-state index in [2.05, 4.69) is 21.2 Å². The van der Waals surface area contributed by atoms with Crippen LogP contribution in [0.1, 0.15) is 33.6 Å². The first-order chi connectivity index (χ1) is 10.6. The second-order valence-corrected chi connectivity index (χ2v) is 8.91. The molecule has 0 unspecified atom stereocenters.